The summed E-state index contributed by atoms with van der Waals surface area (Å²) in [5.74, 6) is -0.903. The van der Waals surface area contributed by atoms with E-state index in [-0.39, 0.29) is 19.4 Å². The number of esters is 2. The van der Waals surface area contributed by atoms with E-state index in [9.17, 15) is 14.2 Å². The zero-order valence-electron chi connectivity index (χ0n) is 32.8. The highest BCUT2D eigenvalue weighted by molar-refractivity contribution is 7.46. The van der Waals surface area contributed by atoms with E-state index in [1.54, 1.807) is 0 Å². The molecule has 298 valence electrons. The Hall–Kier alpha value is -1.73. The number of unbranched alkanes of at least 4 members (excludes halogenated alkanes) is 24. The van der Waals surface area contributed by atoms with Crippen molar-refractivity contribution in [3.05, 3.63) is 36.5 Å². The molecule has 2 N–H and O–H groups in total. The Balaban J connectivity index is 3.87. The molecular formula is C42H77O8P. The minimum absolute atomic E-state index is 0.190. The molecule has 0 amide bonds. The summed E-state index contributed by atoms with van der Waals surface area (Å²) in [6.07, 6.45) is 44.5. The number of phosphoric acid groups is 1. The van der Waals surface area contributed by atoms with E-state index < -0.39 is 32.5 Å². The van der Waals surface area contributed by atoms with Crippen LogP contribution in [0.3, 0.4) is 0 Å². The predicted molar refractivity (Wildman–Crippen MR) is 211 cm³/mol. The van der Waals surface area contributed by atoms with Crippen LogP contribution >= 0.6 is 7.82 Å². The van der Waals surface area contributed by atoms with Crippen LogP contribution in [0.25, 0.3) is 0 Å². The summed E-state index contributed by atoms with van der Waals surface area (Å²) >= 11 is 0. The standard InChI is InChI=1S/C42H77O8P/c1-3-5-7-9-11-13-15-17-18-19-20-21-22-23-25-26-28-30-32-34-36-41(43)48-38-40(39-49-51(45,46)47)50-42(44)37-35-33-31-29-27-24-16-14-12-10-8-6-4-2/h6,8,10,12,14,16,40H,3-5,7,9,11,13,15,17-39H2,1-2H3,(H2,45,46,47)/b8-6+,12-10+,16-14+. The lowest BCUT2D eigenvalue weighted by Crippen LogP contribution is -2.29. The van der Waals surface area contributed by atoms with Gasteiger partial charge in [-0.15, -0.1) is 0 Å². The minimum atomic E-state index is -4.76. The van der Waals surface area contributed by atoms with Gasteiger partial charge in [-0.3, -0.25) is 14.1 Å². The molecule has 0 aromatic heterocycles. The molecule has 0 saturated carbocycles. The van der Waals surface area contributed by atoms with Crippen molar-refractivity contribution in [1.82, 2.24) is 0 Å². The first kappa shape index (κ1) is 49.3. The Labute approximate surface area is 312 Å². The van der Waals surface area contributed by atoms with Gasteiger partial charge in [0, 0.05) is 12.8 Å². The summed E-state index contributed by atoms with van der Waals surface area (Å²) < 4.78 is 26.3. The average Bonchev–Trinajstić information content (AvgIpc) is 3.10. The fourth-order valence-corrected chi connectivity index (χ4v) is 6.26. The first-order valence-electron chi connectivity index (χ1n) is 20.8. The van der Waals surface area contributed by atoms with E-state index in [1.165, 1.54) is 109 Å². The normalized spacial score (nSPS) is 12.8. The summed E-state index contributed by atoms with van der Waals surface area (Å²) in [5.41, 5.74) is 0. The Kier molecular flexibility index (Phi) is 36.7. The molecule has 0 aliphatic heterocycles. The predicted octanol–water partition coefficient (Wildman–Crippen LogP) is 12.6. The second kappa shape index (κ2) is 38.0. The van der Waals surface area contributed by atoms with Gasteiger partial charge in [-0.05, 0) is 32.1 Å². The highest BCUT2D eigenvalue weighted by atomic mass is 31.2. The van der Waals surface area contributed by atoms with E-state index >= 15 is 0 Å². The molecule has 0 rings (SSSR count). The number of carbonyl (C=O) groups excluding carboxylic acids is 2. The summed E-state index contributed by atoms with van der Waals surface area (Å²) in [6, 6.07) is 0. The highest BCUT2D eigenvalue weighted by Gasteiger charge is 2.22. The maximum atomic E-state index is 12.4. The van der Waals surface area contributed by atoms with E-state index in [0.29, 0.717) is 6.42 Å². The van der Waals surface area contributed by atoms with Crippen LogP contribution in [-0.4, -0.2) is 41.0 Å². The first-order chi connectivity index (χ1) is 24.8. The lowest BCUT2D eigenvalue weighted by molar-refractivity contribution is -0.161. The summed E-state index contributed by atoms with van der Waals surface area (Å²) in [6.45, 7) is 3.55. The van der Waals surface area contributed by atoms with E-state index in [4.69, 9.17) is 19.3 Å². The van der Waals surface area contributed by atoms with Gasteiger partial charge in [-0.25, -0.2) is 4.57 Å². The number of rotatable bonds is 38. The Morgan fingerprint density at radius 1 is 0.529 bits per heavy atom. The third-order valence-corrected chi connectivity index (χ3v) is 9.47. The summed E-state index contributed by atoms with van der Waals surface area (Å²) in [7, 11) is -4.76. The fraction of sp³-hybridized carbons (Fsp3) is 0.810. The van der Waals surface area contributed by atoms with Crippen molar-refractivity contribution in [2.75, 3.05) is 13.2 Å². The number of hydrogen-bond donors (Lipinski definition) is 2. The topological polar surface area (TPSA) is 119 Å². The average molecular weight is 741 g/mol. The molecule has 0 spiro atoms. The van der Waals surface area contributed by atoms with Crippen molar-refractivity contribution >= 4 is 19.8 Å². The second-order valence-corrected chi connectivity index (χ2v) is 15.2. The Bertz CT molecular complexity index is 926. The maximum absolute atomic E-state index is 12.4. The van der Waals surface area contributed by atoms with Gasteiger partial charge in [0.1, 0.15) is 6.61 Å². The molecule has 0 aromatic carbocycles. The van der Waals surface area contributed by atoms with Gasteiger partial charge in [0.2, 0.25) is 0 Å². The molecule has 0 aromatic rings. The second-order valence-electron chi connectivity index (χ2n) is 14.0. The fourth-order valence-electron chi connectivity index (χ4n) is 5.90. The van der Waals surface area contributed by atoms with E-state index in [1.807, 2.05) is 18.2 Å². The van der Waals surface area contributed by atoms with Crippen LogP contribution in [0.5, 0.6) is 0 Å². The quantitative estimate of drug-likeness (QED) is 0.0278. The Morgan fingerprint density at radius 2 is 0.941 bits per heavy atom. The lowest BCUT2D eigenvalue weighted by atomic mass is 10.0. The van der Waals surface area contributed by atoms with Crippen molar-refractivity contribution in [2.24, 2.45) is 0 Å². The van der Waals surface area contributed by atoms with Gasteiger partial charge in [-0.1, -0.05) is 192 Å². The van der Waals surface area contributed by atoms with Gasteiger partial charge in [-0.2, -0.15) is 0 Å². The Morgan fingerprint density at radius 3 is 1.39 bits per heavy atom. The zero-order chi connectivity index (χ0) is 37.5. The largest absolute Gasteiger partial charge is 0.469 e. The van der Waals surface area contributed by atoms with Crippen LogP contribution in [0.4, 0.5) is 0 Å². The molecule has 0 aliphatic carbocycles. The molecule has 8 nitrogen and oxygen atoms in total. The molecule has 0 heterocycles. The molecule has 51 heavy (non-hydrogen) atoms. The monoisotopic (exact) mass is 741 g/mol. The van der Waals surface area contributed by atoms with Crippen molar-refractivity contribution < 1.29 is 37.9 Å². The summed E-state index contributed by atoms with van der Waals surface area (Å²) in [4.78, 5) is 42.8. The van der Waals surface area contributed by atoms with Gasteiger partial charge in [0.05, 0.1) is 6.61 Å². The van der Waals surface area contributed by atoms with Crippen LogP contribution in [-0.2, 0) is 28.2 Å². The summed E-state index contributed by atoms with van der Waals surface area (Å²) in [5, 5.41) is 0. The number of phosphoric ester groups is 1. The van der Waals surface area contributed by atoms with Crippen LogP contribution in [0.15, 0.2) is 36.5 Å². The minimum Gasteiger partial charge on any atom is -0.462 e. The van der Waals surface area contributed by atoms with Gasteiger partial charge >= 0.3 is 19.8 Å². The first-order valence-corrected chi connectivity index (χ1v) is 22.3. The molecule has 0 bridgehead atoms. The van der Waals surface area contributed by atoms with E-state index in [0.717, 1.165) is 57.8 Å². The molecule has 1 atom stereocenters. The highest BCUT2D eigenvalue weighted by Crippen LogP contribution is 2.36. The van der Waals surface area contributed by atoms with Gasteiger partial charge in [0.25, 0.3) is 0 Å². The van der Waals surface area contributed by atoms with Crippen LogP contribution in [0.2, 0.25) is 0 Å². The van der Waals surface area contributed by atoms with Crippen molar-refractivity contribution in [1.29, 1.82) is 0 Å². The molecule has 0 radical (unpaired) electrons. The molecule has 0 fully saturated rings. The smallest absolute Gasteiger partial charge is 0.462 e. The number of ether oxygens (including phenoxy) is 2. The SMILES string of the molecule is CC/C=C/C=C/C=C/CCCCCCCC(=O)OC(COC(=O)CCCCCCCCCCCCCCCCCCCCCC)COP(=O)(O)O. The van der Waals surface area contributed by atoms with Crippen molar-refractivity contribution in [3.63, 3.8) is 0 Å². The number of allylic oxidation sites excluding steroid dienone is 6. The molecule has 0 aliphatic rings. The van der Waals surface area contributed by atoms with Crippen molar-refractivity contribution in [3.8, 4) is 0 Å². The number of hydrogen-bond acceptors (Lipinski definition) is 6. The maximum Gasteiger partial charge on any atom is 0.469 e. The molecular weight excluding hydrogens is 663 g/mol. The van der Waals surface area contributed by atoms with Crippen LogP contribution in [0, 0.1) is 0 Å². The van der Waals surface area contributed by atoms with Gasteiger partial charge < -0.3 is 19.3 Å². The van der Waals surface area contributed by atoms with E-state index in [2.05, 4.69) is 36.6 Å². The molecule has 0 saturated heterocycles. The zero-order valence-corrected chi connectivity index (χ0v) is 33.6. The lowest BCUT2D eigenvalue weighted by Gasteiger charge is -2.18. The molecule has 1 unspecified atom stereocenters. The molecule has 9 heteroatoms. The van der Waals surface area contributed by atoms with Crippen LogP contribution in [0.1, 0.15) is 200 Å². The van der Waals surface area contributed by atoms with Gasteiger partial charge in [0.15, 0.2) is 6.10 Å². The third kappa shape index (κ3) is 40.9. The number of carbonyl (C=O) groups is 2. The van der Waals surface area contributed by atoms with Crippen LogP contribution < -0.4 is 0 Å². The third-order valence-electron chi connectivity index (χ3n) is 8.98. The van der Waals surface area contributed by atoms with Crippen molar-refractivity contribution in [2.45, 2.75) is 206 Å².